The fourth-order valence-corrected chi connectivity index (χ4v) is 1.35. The Hall–Kier alpha value is -0.910. The van der Waals surface area contributed by atoms with Crippen LogP contribution >= 0.6 is 0 Å². The third-order valence-electron chi connectivity index (χ3n) is 1.90. The molecule has 0 aromatic heterocycles. The number of nitrogens with one attached hydrogen (secondary N) is 1. The number of hydrogen-bond donors (Lipinski definition) is 2. The number of hydrogen-bond acceptors (Lipinski definition) is 5. The van der Waals surface area contributed by atoms with Crippen molar-refractivity contribution in [2.45, 2.75) is 19.3 Å². The summed E-state index contributed by atoms with van der Waals surface area (Å²) in [6.07, 6.45) is 3.23. The van der Waals surface area contributed by atoms with E-state index in [1.165, 1.54) is 0 Å². The van der Waals surface area contributed by atoms with Crippen LogP contribution < -0.4 is 16.1 Å². The average molecular weight is 168 g/mol. The van der Waals surface area contributed by atoms with E-state index in [2.05, 4.69) is 10.4 Å². The highest BCUT2D eigenvalue weighted by Crippen LogP contribution is 2.17. The first-order valence-electron chi connectivity index (χ1n) is 4.00. The van der Waals surface area contributed by atoms with Crippen molar-refractivity contribution in [3.8, 4) is 0 Å². The van der Waals surface area contributed by atoms with Crippen molar-refractivity contribution in [2.75, 3.05) is 6.61 Å². The van der Waals surface area contributed by atoms with Crippen LogP contribution in [0, 0.1) is 0 Å². The molecule has 0 amide bonds. The van der Waals surface area contributed by atoms with Crippen molar-refractivity contribution in [1.82, 2.24) is 10.3 Å². The van der Waals surface area contributed by atoms with Gasteiger partial charge in [-0.3, -0.25) is 5.73 Å². The van der Waals surface area contributed by atoms with Gasteiger partial charge < -0.3 is 10.1 Å². The summed E-state index contributed by atoms with van der Waals surface area (Å²) in [7, 11) is 0. The Labute approximate surface area is 70.9 Å². The molecule has 2 atom stereocenters. The largest absolute Gasteiger partial charge is 0.351 e. The van der Waals surface area contributed by atoms with Gasteiger partial charge >= 0.3 is 0 Å². The minimum atomic E-state index is -0.213. The Morgan fingerprint density at radius 2 is 2.67 bits per heavy atom. The molecule has 0 bridgehead atoms. The summed E-state index contributed by atoms with van der Waals surface area (Å²) in [5, 5.41) is 8.90. The summed E-state index contributed by atoms with van der Waals surface area (Å²) in [6, 6.07) is 0. The molecule has 0 aromatic rings. The van der Waals surface area contributed by atoms with Gasteiger partial charge in [-0.2, -0.15) is 0 Å². The summed E-state index contributed by atoms with van der Waals surface area (Å²) in [6.45, 7) is 2.59. The summed E-state index contributed by atoms with van der Waals surface area (Å²) in [5.41, 5.74) is 5.83. The van der Waals surface area contributed by atoms with Gasteiger partial charge in [0.25, 0.3) is 12.0 Å². The third-order valence-corrected chi connectivity index (χ3v) is 1.90. The Bertz CT molecular complexity index is 238. The monoisotopic (exact) mass is 168 g/mol. The Balaban J connectivity index is 2.07. The van der Waals surface area contributed by atoms with Crippen LogP contribution in [0.15, 0.2) is 17.0 Å². The molecule has 12 heavy (non-hydrogen) atoms. The Morgan fingerprint density at radius 1 is 1.83 bits per heavy atom. The zero-order valence-corrected chi connectivity index (χ0v) is 6.90. The molecule has 0 spiro atoms. The molecule has 1 saturated heterocycles. The lowest BCUT2D eigenvalue weighted by Gasteiger charge is -2.09. The van der Waals surface area contributed by atoms with E-state index < -0.39 is 0 Å². The van der Waals surface area contributed by atoms with Gasteiger partial charge in [-0.15, -0.1) is 0 Å². The number of fused-ring (bicyclic) bond motifs is 1. The van der Waals surface area contributed by atoms with E-state index in [1.807, 2.05) is 13.0 Å². The predicted molar refractivity (Wildman–Crippen MR) is 45.2 cm³/mol. The SMILES string of the molecule is CCOC1NC2=CC=N[N+]2C1N. The number of nitrogens with zero attached hydrogens (tertiary/aromatic N) is 2. The third kappa shape index (κ3) is 1.03. The molecular weight excluding hydrogens is 156 g/mol. The Kier molecular flexibility index (Phi) is 1.84. The Morgan fingerprint density at radius 3 is 3.33 bits per heavy atom. The maximum atomic E-state index is 5.83. The van der Waals surface area contributed by atoms with Crippen molar-refractivity contribution < 1.29 is 4.74 Å². The quantitative estimate of drug-likeness (QED) is 0.531. The van der Waals surface area contributed by atoms with E-state index in [9.17, 15) is 0 Å². The minimum absolute atomic E-state index is 0.140. The molecular formula is C7H12N4O+. The fraction of sp³-hybridized carbons (Fsp3) is 0.571. The van der Waals surface area contributed by atoms with Gasteiger partial charge in [0.2, 0.25) is 6.23 Å². The lowest BCUT2D eigenvalue weighted by molar-refractivity contribution is 0.0351. The molecule has 0 aliphatic carbocycles. The molecule has 2 heterocycles. The van der Waals surface area contributed by atoms with Crippen molar-refractivity contribution in [3.05, 3.63) is 11.9 Å². The average Bonchev–Trinajstić information content (AvgIpc) is 2.58. The molecule has 2 unspecified atom stereocenters. The van der Waals surface area contributed by atoms with E-state index in [0.29, 0.717) is 6.61 Å². The first-order chi connectivity index (χ1) is 5.83. The van der Waals surface area contributed by atoms with Gasteiger partial charge in [0.15, 0.2) is 0 Å². The molecule has 3 N–H and O–H groups in total. The molecule has 1 fully saturated rings. The van der Waals surface area contributed by atoms with Gasteiger partial charge in [0.05, 0.1) is 6.21 Å². The number of rotatable bonds is 2. The van der Waals surface area contributed by atoms with Crippen LogP contribution in [0.2, 0.25) is 0 Å². The molecule has 2 rings (SSSR count). The highest BCUT2D eigenvalue weighted by atomic mass is 16.5. The van der Waals surface area contributed by atoms with E-state index in [4.69, 9.17) is 10.5 Å². The van der Waals surface area contributed by atoms with Crippen LogP contribution in [0.3, 0.4) is 0 Å². The second-order valence-corrected chi connectivity index (χ2v) is 2.67. The van der Waals surface area contributed by atoms with E-state index in [-0.39, 0.29) is 12.4 Å². The second kappa shape index (κ2) is 2.85. The van der Waals surface area contributed by atoms with E-state index in [1.54, 1.807) is 11.2 Å². The fourth-order valence-electron chi connectivity index (χ4n) is 1.35. The maximum Gasteiger partial charge on any atom is 0.286 e. The van der Waals surface area contributed by atoms with Crippen LogP contribution in [0.25, 0.3) is 0 Å². The minimum Gasteiger partial charge on any atom is -0.351 e. The van der Waals surface area contributed by atoms with Crippen LogP contribution in [-0.4, -0.2) is 25.2 Å². The van der Waals surface area contributed by atoms with Crippen LogP contribution in [0.4, 0.5) is 0 Å². The molecule has 5 nitrogen and oxygen atoms in total. The lowest BCUT2D eigenvalue weighted by atomic mass is 10.5. The maximum absolute atomic E-state index is 5.83. The smallest absolute Gasteiger partial charge is 0.286 e. The van der Waals surface area contributed by atoms with Crippen molar-refractivity contribution in [3.63, 3.8) is 0 Å². The first kappa shape index (κ1) is 7.72. The predicted octanol–water partition coefficient (Wildman–Crippen LogP) is -0.782. The molecule has 5 heteroatoms. The van der Waals surface area contributed by atoms with E-state index >= 15 is 0 Å². The zero-order chi connectivity index (χ0) is 8.55. The number of hydrazone groups is 1. The number of allylic oxidation sites excluding steroid dienone is 1. The summed E-state index contributed by atoms with van der Waals surface area (Å²) < 4.78 is 5.36. The summed E-state index contributed by atoms with van der Waals surface area (Å²) in [5.74, 6) is 0.918. The normalized spacial score (nSPS) is 33.3. The van der Waals surface area contributed by atoms with Crippen molar-refractivity contribution in [1.29, 1.82) is 0 Å². The standard InChI is InChI=1S/C7H12N4O/c1-2-12-7-6(8)11-5(10-7)3-4-9-11/h3-4,6-7,10H,2,8H2,1H3/q+1. The summed E-state index contributed by atoms with van der Waals surface area (Å²) >= 11 is 0. The molecule has 65 valence electrons. The van der Waals surface area contributed by atoms with Crippen molar-refractivity contribution in [2.24, 2.45) is 10.8 Å². The topological polar surface area (TPSA) is 65.5 Å². The number of ether oxygens (including phenoxy) is 1. The number of nitrogens with two attached hydrogens (primary N) is 1. The van der Waals surface area contributed by atoms with Gasteiger partial charge in [0.1, 0.15) is 0 Å². The van der Waals surface area contributed by atoms with E-state index in [0.717, 1.165) is 5.82 Å². The lowest BCUT2D eigenvalue weighted by Crippen LogP contribution is -2.45. The first-order valence-corrected chi connectivity index (χ1v) is 4.00. The van der Waals surface area contributed by atoms with Crippen molar-refractivity contribution >= 4 is 6.21 Å². The van der Waals surface area contributed by atoms with Crippen LogP contribution in [-0.2, 0) is 4.74 Å². The zero-order valence-electron chi connectivity index (χ0n) is 6.90. The van der Waals surface area contributed by atoms with Gasteiger partial charge in [-0.05, 0) is 12.0 Å². The molecule has 0 aromatic carbocycles. The van der Waals surface area contributed by atoms with Crippen LogP contribution in [0.1, 0.15) is 6.92 Å². The molecule has 2 aliphatic rings. The molecule has 0 saturated carbocycles. The highest BCUT2D eigenvalue weighted by Gasteiger charge is 2.47. The van der Waals surface area contributed by atoms with Gasteiger partial charge in [-0.1, -0.05) is 0 Å². The summed E-state index contributed by atoms with van der Waals surface area (Å²) in [4.78, 5) is 0. The van der Waals surface area contributed by atoms with Gasteiger partial charge in [0, 0.05) is 17.7 Å². The highest BCUT2D eigenvalue weighted by molar-refractivity contribution is 5.74. The molecule has 1 radical (unpaired) electrons. The van der Waals surface area contributed by atoms with Gasteiger partial charge in [-0.25, -0.2) is 0 Å². The second-order valence-electron chi connectivity index (χ2n) is 2.67. The van der Waals surface area contributed by atoms with Crippen LogP contribution in [0.5, 0.6) is 0 Å². The molecule has 2 aliphatic heterocycles.